The van der Waals surface area contributed by atoms with E-state index < -0.39 is 0 Å². The van der Waals surface area contributed by atoms with E-state index in [4.69, 9.17) is 0 Å². The molecule has 1 nitrogen and oxygen atoms in total. The van der Waals surface area contributed by atoms with Crippen LogP contribution >= 0.6 is 0 Å². The molecule has 1 rings (SSSR count). The van der Waals surface area contributed by atoms with Crippen LogP contribution in [0.2, 0.25) is 0 Å². The van der Waals surface area contributed by atoms with Gasteiger partial charge in [-0.25, -0.2) is 0 Å². The second-order valence-electron chi connectivity index (χ2n) is 4.44. The van der Waals surface area contributed by atoms with Crippen molar-refractivity contribution in [1.29, 1.82) is 0 Å². The van der Waals surface area contributed by atoms with Gasteiger partial charge in [0.2, 0.25) is 0 Å². The van der Waals surface area contributed by atoms with Crippen molar-refractivity contribution in [1.82, 2.24) is 0 Å². The SMILES string of the molecule is CCC1=CCC(C)C(C(C)=NC)CC1. The van der Waals surface area contributed by atoms with Gasteiger partial charge in [-0.05, 0) is 44.4 Å². The first kappa shape index (κ1) is 11.5. The second kappa shape index (κ2) is 5.33. The molecule has 80 valence electrons. The summed E-state index contributed by atoms with van der Waals surface area (Å²) in [5.41, 5.74) is 2.98. The molecule has 2 unspecified atom stereocenters. The summed E-state index contributed by atoms with van der Waals surface area (Å²) < 4.78 is 0. The number of hydrogen-bond donors (Lipinski definition) is 0. The van der Waals surface area contributed by atoms with Gasteiger partial charge >= 0.3 is 0 Å². The van der Waals surface area contributed by atoms with Gasteiger partial charge in [-0.1, -0.05) is 25.5 Å². The third-order valence-corrected chi connectivity index (χ3v) is 3.59. The fourth-order valence-electron chi connectivity index (χ4n) is 2.35. The first-order valence-electron chi connectivity index (χ1n) is 5.80. The summed E-state index contributed by atoms with van der Waals surface area (Å²) in [6.45, 7) is 6.80. The molecule has 0 aromatic carbocycles. The lowest BCUT2D eigenvalue weighted by atomic mass is 9.86. The zero-order valence-electron chi connectivity index (χ0n) is 10.0. The third kappa shape index (κ3) is 2.70. The van der Waals surface area contributed by atoms with Crippen molar-refractivity contribution >= 4 is 5.71 Å². The Morgan fingerprint density at radius 2 is 2.29 bits per heavy atom. The Balaban J connectivity index is 2.67. The van der Waals surface area contributed by atoms with Gasteiger partial charge in [-0.2, -0.15) is 0 Å². The van der Waals surface area contributed by atoms with E-state index in [-0.39, 0.29) is 0 Å². The minimum Gasteiger partial charge on any atom is -0.297 e. The molecule has 0 radical (unpaired) electrons. The van der Waals surface area contributed by atoms with E-state index in [1.165, 1.54) is 31.4 Å². The molecule has 1 heteroatoms. The molecule has 0 spiro atoms. The molecular formula is C13H23N. The van der Waals surface area contributed by atoms with Crippen LogP contribution in [0.25, 0.3) is 0 Å². The molecule has 0 saturated carbocycles. The Hall–Kier alpha value is -0.590. The molecule has 0 aromatic heterocycles. The predicted octanol–water partition coefficient (Wildman–Crippen LogP) is 3.85. The van der Waals surface area contributed by atoms with Crippen molar-refractivity contribution < 1.29 is 0 Å². The zero-order valence-corrected chi connectivity index (χ0v) is 10.0. The van der Waals surface area contributed by atoms with E-state index in [1.807, 2.05) is 7.05 Å². The highest BCUT2D eigenvalue weighted by Crippen LogP contribution is 2.30. The maximum atomic E-state index is 4.35. The van der Waals surface area contributed by atoms with Crippen molar-refractivity contribution in [2.24, 2.45) is 16.8 Å². The van der Waals surface area contributed by atoms with Crippen molar-refractivity contribution in [3.63, 3.8) is 0 Å². The fourth-order valence-corrected chi connectivity index (χ4v) is 2.35. The monoisotopic (exact) mass is 193 g/mol. The molecule has 0 N–H and O–H groups in total. The van der Waals surface area contributed by atoms with E-state index in [0.717, 1.165) is 5.92 Å². The first-order valence-corrected chi connectivity index (χ1v) is 5.80. The molecule has 0 aromatic rings. The highest BCUT2D eigenvalue weighted by atomic mass is 14.7. The topological polar surface area (TPSA) is 12.4 Å². The molecule has 1 aliphatic carbocycles. The molecular weight excluding hydrogens is 170 g/mol. The molecule has 0 fully saturated rings. The third-order valence-electron chi connectivity index (χ3n) is 3.59. The Morgan fingerprint density at radius 3 is 2.86 bits per heavy atom. The Morgan fingerprint density at radius 1 is 1.57 bits per heavy atom. The molecule has 0 aliphatic heterocycles. The normalized spacial score (nSPS) is 29.7. The minimum absolute atomic E-state index is 0.709. The van der Waals surface area contributed by atoms with Crippen molar-refractivity contribution in [3.8, 4) is 0 Å². The van der Waals surface area contributed by atoms with Gasteiger partial charge in [0.05, 0.1) is 0 Å². The first-order chi connectivity index (χ1) is 6.69. The van der Waals surface area contributed by atoms with Crippen LogP contribution in [0.4, 0.5) is 0 Å². The summed E-state index contributed by atoms with van der Waals surface area (Å²) in [6, 6.07) is 0. The molecule has 0 amide bonds. The Bertz CT molecular complexity index is 238. The van der Waals surface area contributed by atoms with Gasteiger partial charge in [0.1, 0.15) is 0 Å². The van der Waals surface area contributed by atoms with E-state index in [1.54, 1.807) is 5.57 Å². The minimum atomic E-state index is 0.709. The largest absolute Gasteiger partial charge is 0.297 e. The van der Waals surface area contributed by atoms with Crippen molar-refractivity contribution in [2.75, 3.05) is 7.05 Å². The van der Waals surface area contributed by atoms with Gasteiger partial charge in [-0.15, -0.1) is 0 Å². The smallest absolute Gasteiger partial charge is 0.0276 e. The highest BCUT2D eigenvalue weighted by molar-refractivity contribution is 5.84. The average Bonchev–Trinajstić information content (AvgIpc) is 2.39. The Labute approximate surface area is 88.3 Å². The van der Waals surface area contributed by atoms with Crippen LogP contribution in [0, 0.1) is 11.8 Å². The standard InChI is InChI=1S/C13H23N/c1-5-12-7-6-10(2)13(9-8-12)11(3)14-4/h7,10,13H,5-6,8-9H2,1-4H3. The molecule has 0 bridgehead atoms. The number of allylic oxidation sites excluding steroid dienone is 2. The Kier molecular flexibility index (Phi) is 4.37. The number of aliphatic imine (C=N–C) groups is 1. The molecule has 0 heterocycles. The average molecular weight is 193 g/mol. The van der Waals surface area contributed by atoms with Crippen LogP contribution in [0.15, 0.2) is 16.6 Å². The maximum absolute atomic E-state index is 4.35. The van der Waals surface area contributed by atoms with Gasteiger partial charge in [0, 0.05) is 12.8 Å². The van der Waals surface area contributed by atoms with Crippen LogP contribution in [0.5, 0.6) is 0 Å². The number of hydrogen-bond acceptors (Lipinski definition) is 1. The zero-order chi connectivity index (χ0) is 10.6. The van der Waals surface area contributed by atoms with Gasteiger partial charge in [-0.3, -0.25) is 4.99 Å². The molecule has 14 heavy (non-hydrogen) atoms. The van der Waals surface area contributed by atoms with Gasteiger partial charge in [0.15, 0.2) is 0 Å². The second-order valence-corrected chi connectivity index (χ2v) is 4.44. The van der Waals surface area contributed by atoms with Gasteiger partial charge < -0.3 is 0 Å². The summed E-state index contributed by atoms with van der Waals surface area (Å²) >= 11 is 0. The lowest BCUT2D eigenvalue weighted by molar-refractivity contribution is 0.442. The van der Waals surface area contributed by atoms with Crippen LogP contribution in [-0.4, -0.2) is 12.8 Å². The van der Waals surface area contributed by atoms with E-state index in [0.29, 0.717) is 5.92 Å². The summed E-state index contributed by atoms with van der Waals surface area (Å²) in [4.78, 5) is 4.35. The van der Waals surface area contributed by atoms with E-state index in [2.05, 4.69) is 31.8 Å². The van der Waals surface area contributed by atoms with E-state index >= 15 is 0 Å². The van der Waals surface area contributed by atoms with Crippen LogP contribution in [0.3, 0.4) is 0 Å². The van der Waals surface area contributed by atoms with Crippen LogP contribution in [0.1, 0.15) is 46.5 Å². The molecule has 1 aliphatic rings. The lowest BCUT2D eigenvalue weighted by Crippen LogP contribution is -2.18. The van der Waals surface area contributed by atoms with Gasteiger partial charge in [0.25, 0.3) is 0 Å². The molecule has 2 atom stereocenters. The van der Waals surface area contributed by atoms with E-state index in [9.17, 15) is 0 Å². The highest BCUT2D eigenvalue weighted by Gasteiger charge is 2.21. The summed E-state index contributed by atoms with van der Waals surface area (Å²) in [5.74, 6) is 1.48. The lowest BCUT2D eigenvalue weighted by Gasteiger charge is -2.20. The summed E-state index contributed by atoms with van der Waals surface area (Å²) in [5, 5.41) is 0. The van der Waals surface area contributed by atoms with Crippen LogP contribution < -0.4 is 0 Å². The number of nitrogens with zero attached hydrogens (tertiary/aromatic N) is 1. The summed E-state index contributed by atoms with van der Waals surface area (Å²) in [7, 11) is 1.92. The van der Waals surface area contributed by atoms with Crippen molar-refractivity contribution in [3.05, 3.63) is 11.6 Å². The maximum Gasteiger partial charge on any atom is 0.0276 e. The summed E-state index contributed by atoms with van der Waals surface area (Å²) in [6.07, 6.45) is 7.48. The fraction of sp³-hybridized carbons (Fsp3) is 0.769. The van der Waals surface area contributed by atoms with Crippen molar-refractivity contribution in [2.45, 2.75) is 46.5 Å². The molecule has 0 saturated heterocycles. The predicted molar refractivity (Wildman–Crippen MR) is 63.9 cm³/mol. The number of rotatable bonds is 2. The van der Waals surface area contributed by atoms with Crippen LogP contribution in [-0.2, 0) is 0 Å². The quantitative estimate of drug-likeness (QED) is 0.466.